The second-order valence-electron chi connectivity index (χ2n) is 12.5. The Morgan fingerprint density at radius 1 is 0.408 bits per heavy atom. The molecule has 0 fully saturated rings. The number of furan rings is 1. The Labute approximate surface area is 287 Å². The Bertz CT molecular complexity index is 2840. The minimum absolute atomic E-state index is 0.871. The zero-order valence-electron chi connectivity index (χ0n) is 26.5. The molecule has 2 heterocycles. The predicted octanol–water partition coefficient (Wildman–Crippen LogP) is 13.9. The summed E-state index contributed by atoms with van der Waals surface area (Å²) in [5.41, 5.74) is 9.72. The van der Waals surface area contributed by atoms with Gasteiger partial charge in [0.25, 0.3) is 0 Å². The van der Waals surface area contributed by atoms with Gasteiger partial charge in [0.1, 0.15) is 5.58 Å². The lowest BCUT2D eigenvalue weighted by Crippen LogP contribution is -2.11. The van der Waals surface area contributed by atoms with Crippen LogP contribution in [0.5, 0.6) is 0 Å². The molecule has 0 amide bonds. The van der Waals surface area contributed by atoms with E-state index in [1.807, 2.05) is 17.4 Å². The normalized spacial score (nSPS) is 11.7. The van der Waals surface area contributed by atoms with E-state index in [9.17, 15) is 0 Å². The van der Waals surface area contributed by atoms with Gasteiger partial charge in [-0.3, -0.25) is 0 Å². The molecule has 0 saturated carbocycles. The Morgan fingerprint density at radius 2 is 1.02 bits per heavy atom. The summed E-state index contributed by atoms with van der Waals surface area (Å²) in [6.45, 7) is 0. The molecule has 0 saturated heterocycles. The van der Waals surface area contributed by atoms with E-state index < -0.39 is 0 Å². The van der Waals surface area contributed by atoms with Crippen molar-refractivity contribution in [2.75, 3.05) is 4.90 Å². The van der Waals surface area contributed by atoms with Gasteiger partial charge in [0.2, 0.25) is 0 Å². The van der Waals surface area contributed by atoms with Gasteiger partial charge >= 0.3 is 0 Å². The molecule has 10 aromatic rings. The van der Waals surface area contributed by atoms with Gasteiger partial charge in [0, 0.05) is 42.2 Å². The molecule has 0 bridgehead atoms. The lowest BCUT2D eigenvalue weighted by molar-refractivity contribution is 0.669. The zero-order valence-corrected chi connectivity index (χ0v) is 27.3. The van der Waals surface area contributed by atoms with Crippen LogP contribution in [0.3, 0.4) is 0 Å². The van der Waals surface area contributed by atoms with Crippen LogP contribution in [-0.2, 0) is 0 Å². The molecule has 8 aromatic carbocycles. The highest BCUT2D eigenvalue weighted by Crippen LogP contribution is 2.48. The molecule has 0 aliphatic heterocycles. The third kappa shape index (κ3) is 4.47. The van der Waals surface area contributed by atoms with Gasteiger partial charge in [-0.1, -0.05) is 133 Å². The van der Waals surface area contributed by atoms with Crippen LogP contribution in [0.1, 0.15) is 0 Å². The summed E-state index contributed by atoms with van der Waals surface area (Å²) in [6.07, 6.45) is 0. The van der Waals surface area contributed by atoms with Crippen LogP contribution in [-0.4, -0.2) is 0 Å². The Balaban J connectivity index is 1.22. The first-order valence-corrected chi connectivity index (χ1v) is 17.4. The smallest absolute Gasteiger partial charge is 0.159 e. The first-order chi connectivity index (χ1) is 24.3. The number of thiophene rings is 1. The molecule has 0 aliphatic carbocycles. The number of rotatable bonds is 5. The topological polar surface area (TPSA) is 16.4 Å². The molecular weight excluding hydrogens is 615 g/mol. The Kier molecular flexibility index (Phi) is 6.39. The van der Waals surface area contributed by atoms with E-state index in [1.54, 1.807) is 0 Å². The average Bonchev–Trinajstić information content (AvgIpc) is 3.75. The van der Waals surface area contributed by atoms with Gasteiger partial charge in [-0.25, -0.2) is 0 Å². The lowest BCUT2D eigenvalue weighted by Gasteiger charge is -2.28. The number of fused-ring (bicyclic) bond motifs is 7. The number of para-hydroxylation sites is 3. The Hall–Kier alpha value is -6.16. The van der Waals surface area contributed by atoms with Gasteiger partial charge < -0.3 is 9.32 Å². The lowest BCUT2D eigenvalue weighted by atomic mass is 9.96. The maximum Gasteiger partial charge on any atom is 0.159 e. The Morgan fingerprint density at radius 3 is 1.94 bits per heavy atom. The highest BCUT2D eigenvalue weighted by atomic mass is 32.1. The quantitative estimate of drug-likeness (QED) is 0.186. The van der Waals surface area contributed by atoms with Gasteiger partial charge in [-0.2, -0.15) is 0 Å². The number of anilines is 3. The molecule has 3 heteroatoms. The summed E-state index contributed by atoms with van der Waals surface area (Å²) in [6, 6.07) is 63.2. The molecular formula is C46H29NOS. The molecule has 2 aromatic heterocycles. The van der Waals surface area contributed by atoms with E-state index in [0.29, 0.717) is 0 Å². The van der Waals surface area contributed by atoms with Gasteiger partial charge in [0.15, 0.2) is 5.58 Å². The first-order valence-electron chi connectivity index (χ1n) is 16.6. The van der Waals surface area contributed by atoms with Crippen LogP contribution >= 0.6 is 11.3 Å². The summed E-state index contributed by atoms with van der Waals surface area (Å²) in [4.78, 5) is 2.38. The standard InChI is InChI=1S/C46H29NOS/c1-2-14-33-30(12-1)13-9-18-34(33)31-26-28-32(29-27-31)47(41-22-10-20-38-36-16-4-7-23-42(36)48-46(38)41)40-21-6-3-15-35(40)37-19-11-25-44-45(37)39-17-5-8-24-43(39)49-44/h1-29H. The highest BCUT2D eigenvalue weighted by molar-refractivity contribution is 7.25. The molecule has 10 rings (SSSR count). The number of hydrogen-bond acceptors (Lipinski definition) is 3. The summed E-state index contributed by atoms with van der Waals surface area (Å²) >= 11 is 1.85. The molecule has 0 aliphatic rings. The van der Waals surface area contributed by atoms with Crippen molar-refractivity contribution in [3.05, 3.63) is 176 Å². The summed E-state index contributed by atoms with van der Waals surface area (Å²) in [7, 11) is 0. The fraction of sp³-hybridized carbons (Fsp3) is 0. The van der Waals surface area contributed by atoms with E-state index in [2.05, 4.69) is 175 Å². The van der Waals surface area contributed by atoms with Crippen molar-refractivity contribution >= 4 is 81.3 Å². The summed E-state index contributed by atoms with van der Waals surface area (Å²) in [5.74, 6) is 0. The van der Waals surface area contributed by atoms with Crippen molar-refractivity contribution < 1.29 is 4.42 Å². The van der Waals surface area contributed by atoms with Gasteiger partial charge in [0.05, 0.1) is 11.4 Å². The van der Waals surface area contributed by atoms with E-state index >= 15 is 0 Å². The van der Waals surface area contributed by atoms with Crippen LogP contribution in [0, 0.1) is 0 Å². The third-order valence-electron chi connectivity index (χ3n) is 9.69. The fourth-order valence-electron chi connectivity index (χ4n) is 7.48. The monoisotopic (exact) mass is 643 g/mol. The summed E-state index contributed by atoms with van der Waals surface area (Å²) < 4.78 is 9.26. The predicted molar refractivity (Wildman–Crippen MR) is 210 cm³/mol. The number of hydrogen-bond donors (Lipinski definition) is 0. The molecule has 2 nitrogen and oxygen atoms in total. The van der Waals surface area contributed by atoms with Crippen LogP contribution in [0.4, 0.5) is 17.1 Å². The molecule has 0 spiro atoms. The van der Waals surface area contributed by atoms with Crippen LogP contribution in [0.2, 0.25) is 0 Å². The fourth-order valence-corrected chi connectivity index (χ4v) is 8.61. The molecule has 0 radical (unpaired) electrons. The second kappa shape index (κ2) is 11.2. The highest BCUT2D eigenvalue weighted by Gasteiger charge is 2.23. The molecule has 230 valence electrons. The minimum atomic E-state index is 0.871. The van der Waals surface area contributed by atoms with Crippen LogP contribution in [0.15, 0.2) is 180 Å². The maximum atomic E-state index is 6.67. The van der Waals surface area contributed by atoms with Crippen molar-refractivity contribution in [3.63, 3.8) is 0 Å². The van der Waals surface area contributed by atoms with Crippen LogP contribution < -0.4 is 4.90 Å². The second-order valence-corrected chi connectivity index (χ2v) is 13.5. The molecule has 0 unspecified atom stereocenters. The minimum Gasteiger partial charge on any atom is -0.454 e. The first kappa shape index (κ1) is 27.9. The van der Waals surface area contributed by atoms with Crippen molar-refractivity contribution in [1.82, 2.24) is 0 Å². The van der Waals surface area contributed by atoms with E-state index in [0.717, 1.165) is 39.0 Å². The SMILES string of the molecule is c1ccc(N(c2ccc(-c3cccc4ccccc34)cc2)c2cccc3c2oc2ccccc23)c(-c2cccc3sc4ccccc4c23)c1. The summed E-state index contributed by atoms with van der Waals surface area (Å²) in [5, 5.41) is 7.30. The average molecular weight is 644 g/mol. The third-order valence-corrected chi connectivity index (χ3v) is 10.8. The van der Waals surface area contributed by atoms with E-state index in [-0.39, 0.29) is 0 Å². The van der Waals surface area contributed by atoms with E-state index in [1.165, 1.54) is 53.2 Å². The molecule has 0 atom stereocenters. The van der Waals surface area contributed by atoms with E-state index in [4.69, 9.17) is 4.42 Å². The van der Waals surface area contributed by atoms with Crippen molar-refractivity contribution in [1.29, 1.82) is 0 Å². The number of nitrogens with zero attached hydrogens (tertiary/aromatic N) is 1. The van der Waals surface area contributed by atoms with Crippen molar-refractivity contribution in [3.8, 4) is 22.3 Å². The molecule has 49 heavy (non-hydrogen) atoms. The maximum absolute atomic E-state index is 6.67. The van der Waals surface area contributed by atoms with Crippen molar-refractivity contribution in [2.24, 2.45) is 0 Å². The van der Waals surface area contributed by atoms with Crippen molar-refractivity contribution in [2.45, 2.75) is 0 Å². The zero-order chi connectivity index (χ0) is 32.3. The van der Waals surface area contributed by atoms with Gasteiger partial charge in [-0.05, 0) is 69.9 Å². The molecule has 0 N–H and O–H groups in total. The van der Waals surface area contributed by atoms with Gasteiger partial charge in [-0.15, -0.1) is 11.3 Å². The van der Waals surface area contributed by atoms with Crippen LogP contribution in [0.25, 0.3) is 75.1 Å². The largest absolute Gasteiger partial charge is 0.454 e. The number of benzene rings is 8.